The molecule has 0 saturated heterocycles. The second kappa shape index (κ2) is 6.92. The Morgan fingerprint density at radius 2 is 2.08 bits per heavy atom. The van der Waals surface area contributed by atoms with E-state index in [0.717, 1.165) is 33.3 Å². The van der Waals surface area contributed by atoms with E-state index in [9.17, 15) is 4.79 Å². The molecule has 7 heteroatoms. The van der Waals surface area contributed by atoms with Gasteiger partial charge in [-0.1, -0.05) is 30.0 Å². The van der Waals surface area contributed by atoms with Crippen LogP contribution in [0.1, 0.15) is 12.5 Å². The summed E-state index contributed by atoms with van der Waals surface area (Å²) in [6, 6.07) is 13.6. The number of hydrogen-bond acceptors (Lipinski definition) is 5. The fraction of sp³-hybridized carbons (Fsp3) is 0.263. The molecule has 4 rings (SSSR count). The van der Waals surface area contributed by atoms with Crippen LogP contribution >= 0.6 is 11.8 Å². The van der Waals surface area contributed by atoms with Crippen LogP contribution in [0.3, 0.4) is 0 Å². The van der Waals surface area contributed by atoms with Crippen molar-refractivity contribution in [2.45, 2.75) is 23.9 Å². The Bertz CT molecular complexity index is 970. The number of aromatic nitrogens is 2. The molecular weight excluding hydrogens is 350 g/mol. The van der Waals surface area contributed by atoms with E-state index in [1.54, 1.807) is 0 Å². The molecule has 134 valence electrons. The van der Waals surface area contributed by atoms with E-state index in [4.69, 9.17) is 9.47 Å². The van der Waals surface area contributed by atoms with Crippen LogP contribution in [0.5, 0.6) is 11.5 Å². The second-order valence-electron chi connectivity index (χ2n) is 6.11. The number of hydrogen-bond donors (Lipinski definition) is 1. The van der Waals surface area contributed by atoms with Crippen molar-refractivity contribution in [2.75, 3.05) is 6.79 Å². The van der Waals surface area contributed by atoms with Gasteiger partial charge in [0.2, 0.25) is 12.7 Å². The van der Waals surface area contributed by atoms with Gasteiger partial charge in [-0.15, -0.1) is 0 Å². The standard InChI is InChI=1S/C19H19N3O3S/c1-12(26-19-21-14-5-3-4-6-15(14)22(19)2)18(23)20-10-13-7-8-16-17(9-13)25-11-24-16/h3-9,12H,10-11H2,1-2H3,(H,20,23). The summed E-state index contributed by atoms with van der Waals surface area (Å²) < 4.78 is 12.7. The maximum absolute atomic E-state index is 12.5. The van der Waals surface area contributed by atoms with Crippen molar-refractivity contribution in [2.24, 2.45) is 7.05 Å². The summed E-state index contributed by atoms with van der Waals surface area (Å²) in [5.74, 6) is 1.43. The second-order valence-corrected chi connectivity index (χ2v) is 7.42. The number of rotatable bonds is 5. The summed E-state index contributed by atoms with van der Waals surface area (Å²) in [6.07, 6.45) is 0. The predicted molar refractivity (Wildman–Crippen MR) is 100 cm³/mol. The Labute approximate surface area is 155 Å². The van der Waals surface area contributed by atoms with Gasteiger partial charge in [0.25, 0.3) is 0 Å². The maximum atomic E-state index is 12.5. The number of ether oxygens (including phenoxy) is 2. The number of amides is 1. The molecule has 2 heterocycles. The van der Waals surface area contributed by atoms with Crippen LogP contribution in [0.15, 0.2) is 47.6 Å². The lowest BCUT2D eigenvalue weighted by Crippen LogP contribution is -2.30. The van der Waals surface area contributed by atoms with Crippen LogP contribution in [0.25, 0.3) is 11.0 Å². The average molecular weight is 369 g/mol. The van der Waals surface area contributed by atoms with Gasteiger partial charge in [0.15, 0.2) is 16.7 Å². The van der Waals surface area contributed by atoms with Gasteiger partial charge < -0.3 is 19.4 Å². The largest absolute Gasteiger partial charge is 0.454 e. The Kier molecular flexibility index (Phi) is 4.46. The number of thioether (sulfide) groups is 1. The lowest BCUT2D eigenvalue weighted by Gasteiger charge is -2.12. The molecule has 1 amide bonds. The molecule has 0 bridgehead atoms. The predicted octanol–water partition coefficient (Wildman–Crippen LogP) is 3.10. The topological polar surface area (TPSA) is 65.4 Å². The number of nitrogens with zero attached hydrogens (tertiary/aromatic N) is 2. The molecule has 2 aromatic carbocycles. The molecule has 0 spiro atoms. The first-order valence-corrected chi connectivity index (χ1v) is 9.24. The molecule has 6 nitrogen and oxygen atoms in total. The Balaban J connectivity index is 1.39. The third-order valence-corrected chi connectivity index (χ3v) is 5.44. The highest BCUT2D eigenvalue weighted by Crippen LogP contribution is 2.32. The van der Waals surface area contributed by atoms with Crippen molar-refractivity contribution in [1.82, 2.24) is 14.9 Å². The van der Waals surface area contributed by atoms with E-state index in [2.05, 4.69) is 10.3 Å². The van der Waals surface area contributed by atoms with Gasteiger partial charge in [-0.25, -0.2) is 4.98 Å². The Hall–Kier alpha value is -2.67. The van der Waals surface area contributed by atoms with Gasteiger partial charge in [-0.3, -0.25) is 4.79 Å². The van der Waals surface area contributed by atoms with E-state index >= 15 is 0 Å². The van der Waals surface area contributed by atoms with Crippen LogP contribution in [0.2, 0.25) is 0 Å². The number of imidazole rings is 1. The number of benzene rings is 2. The van der Waals surface area contributed by atoms with E-state index in [1.807, 2.05) is 61.0 Å². The third kappa shape index (κ3) is 3.22. The summed E-state index contributed by atoms with van der Waals surface area (Å²) in [4.78, 5) is 17.1. The van der Waals surface area contributed by atoms with Crippen LogP contribution in [-0.2, 0) is 18.4 Å². The number of carbonyl (C=O) groups is 1. The van der Waals surface area contributed by atoms with E-state index in [-0.39, 0.29) is 18.0 Å². The molecule has 0 saturated carbocycles. The lowest BCUT2D eigenvalue weighted by molar-refractivity contribution is -0.120. The first-order chi connectivity index (χ1) is 12.6. The van der Waals surface area contributed by atoms with Crippen LogP contribution in [0, 0.1) is 0 Å². The van der Waals surface area contributed by atoms with Gasteiger partial charge in [-0.05, 0) is 36.8 Å². The van der Waals surface area contributed by atoms with Crippen molar-refractivity contribution in [3.8, 4) is 11.5 Å². The number of nitrogens with one attached hydrogen (secondary N) is 1. The fourth-order valence-electron chi connectivity index (χ4n) is 2.82. The summed E-state index contributed by atoms with van der Waals surface area (Å²) in [5, 5.41) is 3.55. The van der Waals surface area contributed by atoms with Gasteiger partial charge in [0.05, 0.1) is 16.3 Å². The summed E-state index contributed by atoms with van der Waals surface area (Å²) in [7, 11) is 1.97. The minimum atomic E-state index is -0.250. The first kappa shape index (κ1) is 16.8. The smallest absolute Gasteiger partial charge is 0.233 e. The first-order valence-electron chi connectivity index (χ1n) is 8.36. The van der Waals surface area contributed by atoms with Gasteiger partial charge in [0.1, 0.15) is 0 Å². The minimum Gasteiger partial charge on any atom is -0.454 e. The molecule has 0 aliphatic carbocycles. The summed E-state index contributed by atoms with van der Waals surface area (Å²) in [6.45, 7) is 2.58. The molecule has 1 atom stereocenters. The van der Waals surface area contributed by atoms with Crippen molar-refractivity contribution >= 4 is 28.7 Å². The number of fused-ring (bicyclic) bond motifs is 2. The highest BCUT2D eigenvalue weighted by atomic mass is 32.2. The van der Waals surface area contributed by atoms with E-state index in [0.29, 0.717) is 6.54 Å². The summed E-state index contributed by atoms with van der Waals surface area (Å²) >= 11 is 1.45. The lowest BCUT2D eigenvalue weighted by atomic mass is 10.2. The number of carbonyl (C=O) groups excluding carboxylic acids is 1. The highest BCUT2D eigenvalue weighted by molar-refractivity contribution is 8.00. The third-order valence-electron chi connectivity index (χ3n) is 4.30. The molecule has 0 fully saturated rings. The van der Waals surface area contributed by atoms with E-state index < -0.39 is 0 Å². The Morgan fingerprint density at radius 1 is 1.27 bits per heavy atom. The average Bonchev–Trinajstić information content (AvgIpc) is 3.24. The molecule has 3 aromatic rings. The molecular formula is C19H19N3O3S. The zero-order valence-electron chi connectivity index (χ0n) is 14.6. The zero-order chi connectivity index (χ0) is 18.1. The monoisotopic (exact) mass is 369 g/mol. The molecule has 1 aliphatic rings. The van der Waals surface area contributed by atoms with Gasteiger partial charge in [0, 0.05) is 13.6 Å². The number of aryl methyl sites for hydroxylation is 1. The van der Waals surface area contributed by atoms with Crippen LogP contribution < -0.4 is 14.8 Å². The van der Waals surface area contributed by atoms with E-state index in [1.165, 1.54) is 11.8 Å². The van der Waals surface area contributed by atoms with Gasteiger partial charge in [-0.2, -0.15) is 0 Å². The summed E-state index contributed by atoms with van der Waals surface area (Å²) in [5.41, 5.74) is 2.97. The van der Waals surface area contributed by atoms with Crippen molar-refractivity contribution < 1.29 is 14.3 Å². The molecule has 1 aromatic heterocycles. The number of para-hydroxylation sites is 2. The van der Waals surface area contributed by atoms with Crippen LogP contribution in [0.4, 0.5) is 0 Å². The molecule has 26 heavy (non-hydrogen) atoms. The van der Waals surface area contributed by atoms with Gasteiger partial charge >= 0.3 is 0 Å². The molecule has 1 unspecified atom stereocenters. The van der Waals surface area contributed by atoms with Crippen LogP contribution in [-0.4, -0.2) is 27.5 Å². The quantitative estimate of drug-likeness (QED) is 0.700. The molecule has 1 N–H and O–H groups in total. The Morgan fingerprint density at radius 3 is 2.92 bits per heavy atom. The highest BCUT2D eigenvalue weighted by Gasteiger charge is 2.19. The maximum Gasteiger partial charge on any atom is 0.233 e. The fourth-order valence-corrected chi connectivity index (χ4v) is 3.74. The van der Waals surface area contributed by atoms with Crippen molar-refractivity contribution in [3.05, 3.63) is 48.0 Å². The van der Waals surface area contributed by atoms with Crippen molar-refractivity contribution in [1.29, 1.82) is 0 Å². The molecule has 1 aliphatic heterocycles. The zero-order valence-corrected chi connectivity index (χ0v) is 15.4. The normalized spacial score (nSPS) is 13.8. The SMILES string of the molecule is CC(Sc1nc2ccccc2n1C)C(=O)NCc1ccc2c(c1)OCO2. The van der Waals surface area contributed by atoms with Crippen molar-refractivity contribution in [3.63, 3.8) is 0 Å². The minimum absolute atomic E-state index is 0.0280. The molecule has 0 radical (unpaired) electrons.